The van der Waals surface area contributed by atoms with Crippen LogP contribution in [0.2, 0.25) is 10.0 Å². The highest BCUT2D eigenvalue weighted by atomic mass is 35.5. The average Bonchev–Trinajstić information content (AvgIpc) is 2.60. The molecule has 1 atom stereocenters. The second kappa shape index (κ2) is 7.51. The molecule has 6 heteroatoms. The van der Waals surface area contributed by atoms with Gasteiger partial charge in [-0.05, 0) is 48.4 Å². The average molecular weight is 368 g/mol. The van der Waals surface area contributed by atoms with Gasteiger partial charge >= 0.3 is 0 Å². The highest BCUT2D eigenvalue weighted by molar-refractivity contribution is 6.37. The SMILES string of the molecule is COc1cc2c(cc1OC)C(COc1c(Cl)cccc1Cl)NCC2. The van der Waals surface area contributed by atoms with Crippen molar-refractivity contribution in [2.45, 2.75) is 12.5 Å². The zero-order valence-electron chi connectivity index (χ0n) is 13.6. The molecule has 0 saturated heterocycles. The Labute approximate surface area is 151 Å². The summed E-state index contributed by atoms with van der Waals surface area (Å²) in [6.07, 6.45) is 0.930. The molecule has 3 rings (SSSR count). The summed E-state index contributed by atoms with van der Waals surface area (Å²) in [7, 11) is 3.28. The van der Waals surface area contributed by atoms with Crippen molar-refractivity contribution in [1.82, 2.24) is 5.32 Å². The Morgan fingerprint density at radius 1 is 1.08 bits per heavy atom. The van der Waals surface area contributed by atoms with Crippen LogP contribution in [0.4, 0.5) is 0 Å². The molecular formula is C18H19Cl2NO3. The lowest BCUT2D eigenvalue weighted by molar-refractivity contribution is 0.260. The van der Waals surface area contributed by atoms with Crippen molar-refractivity contribution in [3.8, 4) is 17.2 Å². The minimum Gasteiger partial charge on any atom is -0.493 e. The fourth-order valence-corrected chi connectivity index (χ4v) is 3.41. The zero-order valence-corrected chi connectivity index (χ0v) is 15.1. The van der Waals surface area contributed by atoms with E-state index in [2.05, 4.69) is 5.32 Å². The summed E-state index contributed by atoms with van der Waals surface area (Å²) in [6.45, 7) is 1.29. The molecule has 1 heterocycles. The molecule has 1 aliphatic rings. The second-order valence-corrected chi connectivity index (χ2v) is 6.34. The Balaban J connectivity index is 1.84. The molecule has 1 N–H and O–H groups in total. The summed E-state index contributed by atoms with van der Waals surface area (Å²) >= 11 is 12.3. The number of methoxy groups -OCH3 is 2. The molecule has 2 aromatic rings. The molecule has 0 radical (unpaired) electrons. The standard InChI is InChI=1S/C18H19Cl2NO3/c1-22-16-8-11-6-7-21-15(12(11)9-17(16)23-2)10-24-18-13(19)4-3-5-14(18)20/h3-5,8-9,15,21H,6-7,10H2,1-2H3. The Morgan fingerprint density at radius 3 is 2.42 bits per heavy atom. The van der Waals surface area contributed by atoms with E-state index in [0.29, 0.717) is 28.2 Å². The van der Waals surface area contributed by atoms with E-state index in [1.165, 1.54) is 5.56 Å². The van der Waals surface area contributed by atoms with Crippen LogP contribution >= 0.6 is 23.2 Å². The number of hydrogen-bond acceptors (Lipinski definition) is 4. The number of para-hydroxylation sites is 1. The van der Waals surface area contributed by atoms with E-state index in [4.69, 9.17) is 37.4 Å². The van der Waals surface area contributed by atoms with Crippen molar-refractivity contribution in [3.63, 3.8) is 0 Å². The van der Waals surface area contributed by atoms with Crippen molar-refractivity contribution in [2.24, 2.45) is 0 Å². The number of fused-ring (bicyclic) bond motifs is 1. The van der Waals surface area contributed by atoms with Gasteiger partial charge in [0.1, 0.15) is 6.61 Å². The number of halogens is 2. The zero-order chi connectivity index (χ0) is 17.1. The van der Waals surface area contributed by atoms with E-state index >= 15 is 0 Å². The minimum atomic E-state index is 0.0286. The number of rotatable bonds is 5. The molecule has 128 valence electrons. The van der Waals surface area contributed by atoms with Crippen LogP contribution in [0.15, 0.2) is 30.3 Å². The quantitative estimate of drug-likeness (QED) is 0.855. The van der Waals surface area contributed by atoms with Gasteiger partial charge in [-0.2, -0.15) is 0 Å². The molecule has 4 nitrogen and oxygen atoms in total. The number of hydrogen-bond donors (Lipinski definition) is 1. The minimum absolute atomic E-state index is 0.0286. The maximum atomic E-state index is 6.17. The van der Waals surface area contributed by atoms with Crippen LogP contribution in [-0.2, 0) is 6.42 Å². The monoisotopic (exact) mass is 367 g/mol. The van der Waals surface area contributed by atoms with Gasteiger partial charge in [0, 0.05) is 0 Å². The topological polar surface area (TPSA) is 39.7 Å². The van der Waals surface area contributed by atoms with E-state index in [1.54, 1.807) is 32.4 Å². The molecule has 0 spiro atoms. The first kappa shape index (κ1) is 17.2. The fourth-order valence-electron chi connectivity index (χ4n) is 2.90. The smallest absolute Gasteiger partial charge is 0.161 e. The van der Waals surface area contributed by atoms with E-state index < -0.39 is 0 Å². The highest BCUT2D eigenvalue weighted by Gasteiger charge is 2.23. The van der Waals surface area contributed by atoms with Gasteiger partial charge in [0.15, 0.2) is 17.2 Å². The lowest BCUT2D eigenvalue weighted by Gasteiger charge is -2.28. The van der Waals surface area contributed by atoms with Gasteiger partial charge in [0.25, 0.3) is 0 Å². The lowest BCUT2D eigenvalue weighted by Crippen LogP contribution is -2.33. The maximum absolute atomic E-state index is 6.17. The molecule has 0 aliphatic carbocycles. The Morgan fingerprint density at radius 2 is 1.75 bits per heavy atom. The van der Waals surface area contributed by atoms with Gasteiger partial charge in [-0.15, -0.1) is 0 Å². The fraction of sp³-hybridized carbons (Fsp3) is 0.333. The van der Waals surface area contributed by atoms with Gasteiger partial charge in [-0.3, -0.25) is 0 Å². The van der Waals surface area contributed by atoms with Gasteiger partial charge in [0.2, 0.25) is 0 Å². The molecule has 0 amide bonds. The normalized spacial score (nSPS) is 16.4. The number of ether oxygens (including phenoxy) is 3. The predicted octanol–water partition coefficient (Wildman–Crippen LogP) is 4.28. The molecular weight excluding hydrogens is 349 g/mol. The van der Waals surface area contributed by atoms with Gasteiger partial charge in [-0.1, -0.05) is 29.3 Å². The molecule has 24 heavy (non-hydrogen) atoms. The molecule has 1 unspecified atom stereocenters. The maximum Gasteiger partial charge on any atom is 0.161 e. The molecule has 1 aliphatic heterocycles. The number of benzene rings is 2. The van der Waals surface area contributed by atoms with Gasteiger partial charge in [0.05, 0.1) is 30.3 Å². The first-order valence-electron chi connectivity index (χ1n) is 7.69. The Kier molecular flexibility index (Phi) is 5.39. The van der Waals surface area contributed by atoms with Crippen molar-refractivity contribution >= 4 is 23.2 Å². The van der Waals surface area contributed by atoms with E-state index in [0.717, 1.165) is 24.3 Å². The summed E-state index contributed by atoms with van der Waals surface area (Å²) in [5.41, 5.74) is 2.37. The van der Waals surface area contributed by atoms with Crippen LogP contribution in [0.1, 0.15) is 17.2 Å². The van der Waals surface area contributed by atoms with Crippen molar-refractivity contribution in [3.05, 3.63) is 51.5 Å². The third-order valence-corrected chi connectivity index (χ3v) is 4.71. The van der Waals surface area contributed by atoms with E-state index in [-0.39, 0.29) is 6.04 Å². The van der Waals surface area contributed by atoms with Crippen LogP contribution in [0, 0.1) is 0 Å². The Hall–Kier alpha value is -1.62. The van der Waals surface area contributed by atoms with Crippen LogP contribution in [0.25, 0.3) is 0 Å². The number of nitrogens with one attached hydrogen (secondary N) is 1. The van der Waals surface area contributed by atoms with Gasteiger partial charge < -0.3 is 19.5 Å². The van der Waals surface area contributed by atoms with E-state index in [9.17, 15) is 0 Å². The third kappa shape index (κ3) is 3.41. The van der Waals surface area contributed by atoms with Crippen LogP contribution in [0.3, 0.4) is 0 Å². The summed E-state index contributed by atoms with van der Waals surface area (Å²) in [5.74, 6) is 1.96. The van der Waals surface area contributed by atoms with Gasteiger partial charge in [-0.25, -0.2) is 0 Å². The summed E-state index contributed by atoms with van der Waals surface area (Å²) in [6, 6.07) is 9.38. The van der Waals surface area contributed by atoms with Crippen molar-refractivity contribution in [1.29, 1.82) is 0 Å². The summed E-state index contributed by atoms with van der Waals surface area (Å²) < 4.78 is 16.7. The van der Waals surface area contributed by atoms with Crippen molar-refractivity contribution in [2.75, 3.05) is 27.4 Å². The molecule has 2 aromatic carbocycles. The molecule has 0 aromatic heterocycles. The third-order valence-electron chi connectivity index (χ3n) is 4.12. The largest absolute Gasteiger partial charge is 0.493 e. The summed E-state index contributed by atoms with van der Waals surface area (Å²) in [4.78, 5) is 0. The first-order chi connectivity index (χ1) is 11.6. The predicted molar refractivity (Wildman–Crippen MR) is 96.0 cm³/mol. The van der Waals surface area contributed by atoms with Crippen LogP contribution in [-0.4, -0.2) is 27.4 Å². The Bertz CT molecular complexity index is 716. The second-order valence-electron chi connectivity index (χ2n) is 5.52. The van der Waals surface area contributed by atoms with E-state index in [1.807, 2.05) is 12.1 Å². The van der Waals surface area contributed by atoms with Crippen LogP contribution in [0.5, 0.6) is 17.2 Å². The van der Waals surface area contributed by atoms with Crippen molar-refractivity contribution < 1.29 is 14.2 Å². The first-order valence-corrected chi connectivity index (χ1v) is 8.44. The molecule has 0 saturated carbocycles. The highest BCUT2D eigenvalue weighted by Crippen LogP contribution is 2.37. The lowest BCUT2D eigenvalue weighted by atomic mass is 9.94. The molecule has 0 bridgehead atoms. The summed E-state index contributed by atoms with van der Waals surface area (Å²) in [5, 5.41) is 4.48. The van der Waals surface area contributed by atoms with Crippen LogP contribution < -0.4 is 19.5 Å². The molecule has 0 fully saturated rings.